The Bertz CT molecular complexity index is 997. The van der Waals surface area contributed by atoms with Crippen molar-refractivity contribution in [3.8, 4) is 11.5 Å². The summed E-state index contributed by atoms with van der Waals surface area (Å²) in [4.78, 5) is 20.4. The van der Waals surface area contributed by atoms with E-state index < -0.39 is 0 Å². The Kier molecular flexibility index (Phi) is 8.39. The first-order valence-electron chi connectivity index (χ1n) is 11.0. The molecule has 0 atom stereocenters. The maximum absolute atomic E-state index is 13.2. The van der Waals surface area contributed by atoms with Gasteiger partial charge in [-0.1, -0.05) is 39.0 Å². The number of aryl methyl sites for hydroxylation is 1. The molecule has 2 aromatic rings. The van der Waals surface area contributed by atoms with Crippen molar-refractivity contribution < 1.29 is 14.3 Å². The maximum atomic E-state index is 13.2. The van der Waals surface area contributed by atoms with E-state index in [0.717, 1.165) is 39.8 Å². The van der Waals surface area contributed by atoms with Crippen LogP contribution in [0, 0.1) is 12.8 Å². The average molecular weight is 453 g/mol. The third-order valence-corrected chi connectivity index (χ3v) is 5.99. The Morgan fingerprint density at radius 3 is 2.53 bits per heavy atom. The Morgan fingerprint density at radius 1 is 1.16 bits per heavy atom. The third-order valence-electron chi connectivity index (χ3n) is 4.95. The molecule has 170 valence electrons. The van der Waals surface area contributed by atoms with E-state index in [9.17, 15) is 4.79 Å². The highest BCUT2D eigenvalue weighted by Gasteiger charge is 2.33. The maximum Gasteiger partial charge on any atom is 0.266 e. The van der Waals surface area contributed by atoms with Crippen molar-refractivity contribution >= 4 is 28.9 Å². The zero-order chi connectivity index (χ0) is 23.1. The number of carbonyl (C=O) groups is 1. The van der Waals surface area contributed by atoms with Gasteiger partial charge in [0.2, 0.25) is 0 Å². The number of hydrogen-bond acceptors (Lipinski definition) is 5. The van der Waals surface area contributed by atoms with Gasteiger partial charge in [0.25, 0.3) is 5.91 Å². The summed E-state index contributed by atoms with van der Waals surface area (Å²) in [6.45, 7) is 10.2. The Labute approximate surface area is 195 Å². The lowest BCUT2D eigenvalue weighted by Crippen LogP contribution is -2.32. The molecule has 0 saturated carbocycles. The summed E-state index contributed by atoms with van der Waals surface area (Å²) in [6.07, 6.45) is 2.92. The molecule has 3 rings (SSSR count). The summed E-state index contributed by atoms with van der Waals surface area (Å²) >= 11 is 1.45. The van der Waals surface area contributed by atoms with Gasteiger partial charge >= 0.3 is 0 Å². The van der Waals surface area contributed by atoms with Gasteiger partial charge in [0.1, 0.15) is 11.5 Å². The van der Waals surface area contributed by atoms with Crippen molar-refractivity contribution in [2.24, 2.45) is 10.9 Å². The second-order valence-corrected chi connectivity index (χ2v) is 9.25. The second kappa shape index (κ2) is 11.2. The summed E-state index contributed by atoms with van der Waals surface area (Å²) in [5, 5.41) is 0.755. The van der Waals surface area contributed by atoms with E-state index in [1.165, 1.54) is 11.8 Å². The lowest BCUT2D eigenvalue weighted by molar-refractivity contribution is -0.122. The van der Waals surface area contributed by atoms with Gasteiger partial charge in [-0.25, -0.2) is 0 Å². The number of benzene rings is 2. The van der Waals surface area contributed by atoms with Crippen LogP contribution in [-0.4, -0.2) is 36.2 Å². The fourth-order valence-corrected chi connectivity index (χ4v) is 4.32. The number of amides is 1. The van der Waals surface area contributed by atoms with Crippen molar-refractivity contribution in [2.45, 2.75) is 40.7 Å². The molecule has 1 aliphatic heterocycles. The van der Waals surface area contributed by atoms with Crippen LogP contribution in [0.15, 0.2) is 52.4 Å². The van der Waals surface area contributed by atoms with E-state index in [1.54, 1.807) is 12.0 Å². The van der Waals surface area contributed by atoms with Gasteiger partial charge in [-0.15, -0.1) is 0 Å². The summed E-state index contributed by atoms with van der Waals surface area (Å²) in [6, 6.07) is 13.9. The molecule has 0 aliphatic carbocycles. The van der Waals surface area contributed by atoms with Crippen molar-refractivity contribution in [1.82, 2.24) is 4.90 Å². The fourth-order valence-electron chi connectivity index (χ4n) is 3.33. The summed E-state index contributed by atoms with van der Waals surface area (Å²) in [5.74, 6) is 2.07. The van der Waals surface area contributed by atoms with Crippen LogP contribution >= 0.6 is 11.8 Å². The van der Waals surface area contributed by atoms with Crippen LogP contribution < -0.4 is 9.47 Å². The molecular formula is C26H32N2O3S. The van der Waals surface area contributed by atoms with Crippen LogP contribution in [0.25, 0.3) is 6.08 Å². The highest BCUT2D eigenvalue weighted by atomic mass is 32.2. The van der Waals surface area contributed by atoms with E-state index in [-0.39, 0.29) is 5.91 Å². The van der Waals surface area contributed by atoms with Crippen LogP contribution in [0.5, 0.6) is 11.5 Å². The van der Waals surface area contributed by atoms with E-state index in [4.69, 9.17) is 14.5 Å². The molecule has 0 spiro atoms. The predicted octanol–water partition coefficient (Wildman–Crippen LogP) is 5.92. The van der Waals surface area contributed by atoms with Crippen molar-refractivity contribution in [3.63, 3.8) is 0 Å². The number of nitrogens with zero attached hydrogens (tertiary/aromatic N) is 2. The molecule has 0 aromatic heterocycles. The molecule has 6 heteroatoms. The summed E-state index contributed by atoms with van der Waals surface area (Å²) < 4.78 is 11.0. The number of hydrogen-bond donors (Lipinski definition) is 0. The van der Waals surface area contributed by atoms with Crippen LogP contribution in [0.1, 0.15) is 43.9 Å². The van der Waals surface area contributed by atoms with Gasteiger partial charge in [0.05, 0.1) is 25.2 Å². The van der Waals surface area contributed by atoms with Crippen molar-refractivity contribution in [3.05, 3.63) is 64.1 Å². The van der Waals surface area contributed by atoms with Crippen LogP contribution in [0.3, 0.4) is 0 Å². The summed E-state index contributed by atoms with van der Waals surface area (Å²) in [7, 11) is 1.65. The topological polar surface area (TPSA) is 51.1 Å². The summed E-state index contributed by atoms with van der Waals surface area (Å²) in [5.41, 5.74) is 3.13. The monoisotopic (exact) mass is 452 g/mol. The highest BCUT2D eigenvalue weighted by Crippen LogP contribution is 2.34. The first-order valence-corrected chi connectivity index (χ1v) is 11.8. The zero-order valence-electron chi connectivity index (χ0n) is 19.6. The standard InChI is InChI=1S/C26H32N2O3S/c1-6-13-31-23-12-9-21(14-19(23)4)15-24-25(29)28(17-18(2)3)26(32-24)27-16-20-7-10-22(30-5)11-8-20/h7-12,14-15,18H,6,13,16-17H2,1-5H3/b24-15-,27-26-. The first kappa shape index (κ1) is 23.9. The smallest absolute Gasteiger partial charge is 0.266 e. The number of carbonyl (C=O) groups excluding carboxylic acids is 1. The van der Waals surface area contributed by atoms with E-state index in [0.29, 0.717) is 30.5 Å². The van der Waals surface area contributed by atoms with E-state index >= 15 is 0 Å². The van der Waals surface area contributed by atoms with Crippen LogP contribution in [-0.2, 0) is 11.3 Å². The molecule has 1 amide bonds. The molecule has 0 radical (unpaired) electrons. The molecule has 0 unspecified atom stereocenters. The number of rotatable bonds is 9. The van der Waals surface area contributed by atoms with Crippen LogP contribution in [0.4, 0.5) is 0 Å². The minimum Gasteiger partial charge on any atom is -0.497 e. The SMILES string of the molecule is CCCOc1ccc(/C=C2\S/C(=N\Cc3ccc(OC)cc3)N(CC(C)C)C2=O)cc1C. The zero-order valence-corrected chi connectivity index (χ0v) is 20.4. The number of amidine groups is 1. The Hall–Kier alpha value is -2.73. The molecule has 1 aliphatic rings. The van der Waals surface area contributed by atoms with Gasteiger partial charge in [0.15, 0.2) is 5.17 Å². The molecule has 32 heavy (non-hydrogen) atoms. The molecule has 1 fully saturated rings. The number of thioether (sulfide) groups is 1. The number of aliphatic imine (C=N–C) groups is 1. The van der Waals surface area contributed by atoms with Gasteiger partial charge in [-0.05, 0) is 78.1 Å². The normalized spacial score (nSPS) is 16.4. The lowest BCUT2D eigenvalue weighted by atomic mass is 10.1. The average Bonchev–Trinajstić information content (AvgIpc) is 3.06. The Balaban J connectivity index is 1.81. The van der Waals surface area contributed by atoms with Crippen molar-refractivity contribution in [1.29, 1.82) is 0 Å². The van der Waals surface area contributed by atoms with Gasteiger partial charge in [-0.2, -0.15) is 0 Å². The predicted molar refractivity (Wildman–Crippen MR) is 133 cm³/mol. The highest BCUT2D eigenvalue weighted by molar-refractivity contribution is 8.18. The van der Waals surface area contributed by atoms with Crippen molar-refractivity contribution in [2.75, 3.05) is 20.3 Å². The molecule has 1 heterocycles. The lowest BCUT2D eigenvalue weighted by Gasteiger charge is -2.17. The van der Waals surface area contributed by atoms with E-state index in [2.05, 4.69) is 26.8 Å². The fraction of sp³-hybridized carbons (Fsp3) is 0.385. The van der Waals surface area contributed by atoms with Crippen LogP contribution in [0.2, 0.25) is 0 Å². The molecule has 2 aromatic carbocycles. The molecule has 0 N–H and O–H groups in total. The minimum absolute atomic E-state index is 0.0149. The number of ether oxygens (including phenoxy) is 2. The number of methoxy groups -OCH3 is 1. The molecular weight excluding hydrogens is 420 g/mol. The van der Waals surface area contributed by atoms with Gasteiger partial charge in [0, 0.05) is 6.54 Å². The van der Waals surface area contributed by atoms with Gasteiger partial charge < -0.3 is 9.47 Å². The molecule has 1 saturated heterocycles. The molecule has 5 nitrogen and oxygen atoms in total. The van der Waals surface area contributed by atoms with Gasteiger partial charge in [-0.3, -0.25) is 14.7 Å². The second-order valence-electron chi connectivity index (χ2n) is 8.24. The quantitative estimate of drug-likeness (QED) is 0.443. The first-order chi connectivity index (χ1) is 15.4. The third kappa shape index (κ3) is 6.16. The minimum atomic E-state index is 0.0149. The molecule has 0 bridgehead atoms. The van der Waals surface area contributed by atoms with E-state index in [1.807, 2.05) is 49.4 Å². The largest absolute Gasteiger partial charge is 0.497 e. The Morgan fingerprint density at radius 2 is 1.91 bits per heavy atom.